The molecule has 110 valence electrons. The van der Waals surface area contributed by atoms with E-state index in [0.29, 0.717) is 23.5 Å². The number of ketones is 1. The smallest absolute Gasteiger partial charge is 0.142 e. The normalized spacial score (nSPS) is 33.1. The van der Waals surface area contributed by atoms with Crippen LogP contribution in [0.15, 0.2) is 0 Å². The Morgan fingerprint density at radius 2 is 1.89 bits per heavy atom. The summed E-state index contributed by atoms with van der Waals surface area (Å²) in [5, 5.41) is 3.47. The number of nitrogens with one attached hydrogen (secondary N) is 1. The number of Topliss-reactive ketones (excluding diaryl/α,β-unsaturated/α-hetero) is 1. The van der Waals surface area contributed by atoms with Crippen molar-refractivity contribution in [2.24, 2.45) is 23.2 Å². The second kappa shape index (κ2) is 6.39. The Kier molecular flexibility index (Phi) is 5.05. The van der Waals surface area contributed by atoms with E-state index < -0.39 is 0 Å². The highest BCUT2D eigenvalue weighted by atomic mass is 16.1. The standard InChI is InChI=1S/C17H31NO/c1-4-13-8-5-6-10-15(13)16(19)17(2,3)14-9-7-11-18-12-14/h13-15,18H,4-12H2,1-3H3. The zero-order valence-corrected chi connectivity index (χ0v) is 13.0. The fourth-order valence-electron chi connectivity index (χ4n) is 4.19. The van der Waals surface area contributed by atoms with E-state index in [-0.39, 0.29) is 5.41 Å². The topological polar surface area (TPSA) is 29.1 Å². The summed E-state index contributed by atoms with van der Waals surface area (Å²) in [5.74, 6) is 2.09. The molecule has 0 bridgehead atoms. The maximum absolute atomic E-state index is 13.1. The molecule has 1 heterocycles. The first kappa shape index (κ1) is 15.0. The van der Waals surface area contributed by atoms with Crippen LogP contribution in [0.1, 0.15) is 65.7 Å². The van der Waals surface area contributed by atoms with Crippen LogP contribution >= 0.6 is 0 Å². The summed E-state index contributed by atoms with van der Waals surface area (Å²) < 4.78 is 0. The van der Waals surface area contributed by atoms with Crippen LogP contribution in [0.5, 0.6) is 0 Å². The van der Waals surface area contributed by atoms with Crippen LogP contribution in [-0.2, 0) is 4.79 Å². The van der Waals surface area contributed by atoms with Gasteiger partial charge in [0.15, 0.2) is 0 Å². The lowest BCUT2D eigenvalue weighted by Crippen LogP contribution is -2.46. The van der Waals surface area contributed by atoms with Crippen molar-refractivity contribution in [1.29, 1.82) is 0 Å². The summed E-state index contributed by atoms with van der Waals surface area (Å²) in [6, 6.07) is 0. The van der Waals surface area contributed by atoms with Crippen LogP contribution in [0.2, 0.25) is 0 Å². The zero-order valence-electron chi connectivity index (χ0n) is 13.0. The summed E-state index contributed by atoms with van der Waals surface area (Å²) in [5.41, 5.74) is -0.136. The van der Waals surface area contributed by atoms with Gasteiger partial charge in [0.1, 0.15) is 5.78 Å². The van der Waals surface area contributed by atoms with Gasteiger partial charge < -0.3 is 5.32 Å². The molecule has 2 nitrogen and oxygen atoms in total. The molecule has 2 fully saturated rings. The van der Waals surface area contributed by atoms with Gasteiger partial charge in [0.2, 0.25) is 0 Å². The molecule has 3 atom stereocenters. The molecule has 2 aliphatic rings. The van der Waals surface area contributed by atoms with E-state index in [0.717, 1.165) is 19.5 Å². The quantitative estimate of drug-likeness (QED) is 0.837. The number of piperidine rings is 1. The summed E-state index contributed by atoms with van der Waals surface area (Å²) in [6.07, 6.45) is 8.61. The number of hydrogen-bond acceptors (Lipinski definition) is 2. The predicted molar refractivity (Wildman–Crippen MR) is 80.1 cm³/mol. The van der Waals surface area contributed by atoms with E-state index >= 15 is 0 Å². The molecule has 1 saturated carbocycles. The van der Waals surface area contributed by atoms with Crippen molar-refractivity contribution in [2.75, 3.05) is 13.1 Å². The Morgan fingerprint density at radius 1 is 1.16 bits per heavy atom. The average Bonchev–Trinajstić information content (AvgIpc) is 2.47. The maximum Gasteiger partial charge on any atom is 0.142 e. The van der Waals surface area contributed by atoms with Gasteiger partial charge in [0.05, 0.1) is 0 Å². The van der Waals surface area contributed by atoms with Crippen LogP contribution in [0.4, 0.5) is 0 Å². The van der Waals surface area contributed by atoms with Crippen molar-refractivity contribution in [3.8, 4) is 0 Å². The molecule has 19 heavy (non-hydrogen) atoms. The van der Waals surface area contributed by atoms with Gasteiger partial charge in [-0.2, -0.15) is 0 Å². The highest BCUT2D eigenvalue weighted by Gasteiger charge is 2.42. The van der Waals surface area contributed by atoms with Gasteiger partial charge in [-0.05, 0) is 50.6 Å². The van der Waals surface area contributed by atoms with E-state index in [4.69, 9.17) is 0 Å². The number of carbonyl (C=O) groups excluding carboxylic acids is 1. The maximum atomic E-state index is 13.1. The van der Waals surface area contributed by atoms with Crippen LogP contribution < -0.4 is 5.32 Å². The van der Waals surface area contributed by atoms with E-state index in [2.05, 4.69) is 26.1 Å². The summed E-state index contributed by atoms with van der Waals surface area (Å²) >= 11 is 0. The first-order chi connectivity index (χ1) is 9.07. The Balaban J connectivity index is 2.07. The highest BCUT2D eigenvalue weighted by molar-refractivity contribution is 5.87. The van der Waals surface area contributed by atoms with E-state index in [1.54, 1.807) is 0 Å². The molecule has 0 aromatic carbocycles. The van der Waals surface area contributed by atoms with Crippen molar-refractivity contribution < 1.29 is 4.79 Å². The second-order valence-electron chi connectivity index (χ2n) is 7.19. The third kappa shape index (κ3) is 3.21. The van der Waals surface area contributed by atoms with Crippen LogP contribution in [0, 0.1) is 23.2 Å². The molecule has 0 spiro atoms. The molecule has 0 aromatic heterocycles. The number of hydrogen-bond donors (Lipinski definition) is 1. The zero-order chi connectivity index (χ0) is 13.9. The first-order valence-corrected chi connectivity index (χ1v) is 8.32. The van der Waals surface area contributed by atoms with Gasteiger partial charge in [-0.1, -0.05) is 40.0 Å². The fraction of sp³-hybridized carbons (Fsp3) is 0.941. The van der Waals surface area contributed by atoms with Gasteiger partial charge in [-0.15, -0.1) is 0 Å². The molecule has 0 radical (unpaired) electrons. The Bertz CT molecular complexity index is 304. The lowest BCUT2D eigenvalue weighted by Gasteiger charge is -2.41. The molecule has 2 rings (SSSR count). The molecule has 2 heteroatoms. The largest absolute Gasteiger partial charge is 0.316 e. The van der Waals surface area contributed by atoms with Crippen molar-refractivity contribution in [1.82, 2.24) is 5.32 Å². The predicted octanol–water partition coefficient (Wildman–Crippen LogP) is 3.80. The third-order valence-electron chi connectivity index (χ3n) is 5.72. The van der Waals surface area contributed by atoms with Gasteiger partial charge in [0, 0.05) is 11.3 Å². The molecular weight excluding hydrogens is 234 g/mol. The van der Waals surface area contributed by atoms with Crippen LogP contribution in [-0.4, -0.2) is 18.9 Å². The minimum Gasteiger partial charge on any atom is -0.316 e. The van der Waals surface area contributed by atoms with E-state index in [9.17, 15) is 4.79 Å². The first-order valence-electron chi connectivity index (χ1n) is 8.32. The van der Waals surface area contributed by atoms with Crippen molar-refractivity contribution in [2.45, 2.75) is 65.7 Å². The lowest BCUT2D eigenvalue weighted by atomic mass is 9.64. The lowest BCUT2D eigenvalue weighted by molar-refractivity contribution is -0.137. The number of carbonyl (C=O) groups is 1. The Morgan fingerprint density at radius 3 is 2.53 bits per heavy atom. The molecule has 1 aliphatic heterocycles. The molecule has 0 aromatic rings. The molecule has 3 unspecified atom stereocenters. The minimum absolute atomic E-state index is 0.136. The Hall–Kier alpha value is -0.370. The fourth-order valence-corrected chi connectivity index (χ4v) is 4.19. The number of rotatable bonds is 4. The highest BCUT2D eigenvalue weighted by Crippen LogP contribution is 2.41. The van der Waals surface area contributed by atoms with Gasteiger partial charge in [0.25, 0.3) is 0 Å². The monoisotopic (exact) mass is 265 g/mol. The third-order valence-corrected chi connectivity index (χ3v) is 5.72. The van der Waals surface area contributed by atoms with Crippen LogP contribution in [0.3, 0.4) is 0 Å². The van der Waals surface area contributed by atoms with E-state index in [1.165, 1.54) is 38.5 Å². The Labute approximate surface area is 118 Å². The van der Waals surface area contributed by atoms with Crippen molar-refractivity contribution >= 4 is 5.78 Å². The molecule has 1 saturated heterocycles. The molecule has 1 N–H and O–H groups in total. The summed E-state index contributed by atoms with van der Waals surface area (Å²) in [6.45, 7) is 8.82. The average molecular weight is 265 g/mol. The molecule has 1 aliphatic carbocycles. The van der Waals surface area contributed by atoms with Crippen molar-refractivity contribution in [3.05, 3.63) is 0 Å². The SMILES string of the molecule is CCC1CCCCC1C(=O)C(C)(C)C1CCCNC1. The summed E-state index contributed by atoms with van der Waals surface area (Å²) in [7, 11) is 0. The molecular formula is C17H31NO. The van der Waals surface area contributed by atoms with E-state index in [1.807, 2.05) is 0 Å². The van der Waals surface area contributed by atoms with Gasteiger partial charge >= 0.3 is 0 Å². The molecule has 0 amide bonds. The van der Waals surface area contributed by atoms with Crippen LogP contribution in [0.25, 0.3) is 0 Å². The summed E-state index contributed by atoms with van der Waals surface area (Å²) in [4.78, 5) is 13.1. The minimum atomic E-state index is -0.136. The van der Waals surface area contributed by atoms with Crippen molar-refractivity contribution in [3.63, 3.8) is 0 Å². The van der Waals surface area contributed by atoms with Gasteiger partial charge in [-0.3, -0.25) is 4.79 Å². The van der Waals surface area contributed by atoms with Gasteiger partial charge in [-0.25, -0.2) is 0 Å². The second-order valence-corrected chi connectivity index (χ2v) is 7.19.